The first-order valence-corrected chi connectivity index (χ1v) is 5.49. The molecule has 0 saturated heterocycles. The Morgan fingerprint density at radius 1 is 1.56 bits per heavy atom. The van der Waals surface area contributed by atoms with Crippen LogP contribution in [0.15, 0.2) is 18.2 Å². The second-order valence-corrected chi connectivity index (χ2v) is 4.01. The zero-order valence-electron chi connectivity index (χ0n) is 9.88. The number of halogens is 1. The van der Waals surface area contributed by atoms with Gasteiger partial charge in [0.1, 0.15) is 6.10 Å². The molecule has 1 rings (SSSR count). The summed E-state index contributed by atoms with van der Waals surface area (Å²) in [5.41, 5.74) is -0.237. The summed E-state index contributed by atoms with van der Waals surface area (Å²) in [6.45, 7) is 1.62. The Balaban J connectivity index is 2.84. The second kappa shape index (κ2) is 6.20. The third-order valence-corrected chi connectivity index (χ3v) is 2.36. The normalized spacial score (nSPS) is 11.7. The minimum Gasteiger partial charge on any atom is -0.483 e. The SMILES string of the molecule is COC(=O)CC(C)Oc1ccc(Cl)cc1[N+](=O)[O-]. The first kappa shape index (κ1) is 14.2. The highest BCUT2D eigenvalue weighted by atomic mass is 35.5. The lowest BCUT2D eigenvalue weighted by Crippen LogP contribution is -2.18. The Bertz CT molecular complexity index is 463. The minimum atomic E-state index is -0.591. The predicted octanol–water partition coefficient (Wildman–Crippen LogP) is 2.58. The maximum absolute atomic E-state index is 11.0. The zero-order chi connectivity index (χ0) is 13.7. The number of carbonyl (C=O) groups excluding carboxylic acids is 1. The molecule has 1 aromatic rings. The zero-order valence-corrected chi connectivity index (χ0v) is 10.6. The van der Waals surface area contributed by atoms with E-state index >= 15 is 0 Å². The molecular weight excluding hydrogens is 262 g/mol. The first-order valence-electron chi connectivity index (χ1n) is 5.11. The molecule has 0 N–H and O–H groups in total. The van der Waals surface area contributed by atoms with Crippen molar-refractivity contribution in [2.75, 3.05) is 7.11 Å². The van der Waals surface area contributed by atoms with Crippen LogP contribution < -0.4 is 4.74 Å². The maximum atomic E-state index is 11.0. The number of hydrogen-bond acceptors (Lipinski definition) is 5. The first-order chi connectivity index (χ1) is 8.43. The molecule has 0 spiro atoms. The Labute approximate surface area is 109 Å². The van der Waals surface area contributed by atoms with Crippen molar-refractivity contribution in [2.45, 2.75) is 19.4 Å². The van der Waals surface area contributed by atoms with Crippen LogP contribution in [0, 0.1) is 10.1 Å². The average molecular weight is 274 g/mol. The fraction of sp³-hybridized carbons (Fsp3) is 0.364. The third-order valence-electron chi connectivity index (χ3n) is 2.13. The van der Waals surface area contributed by atoms with Crippen molar-refractivity contribution in [3.05, 3.63) is 33.3 Å². The lowest BCUT2D eigenvalue weighted by Gasteiger charge is -2.13. The smallest absolute Gasteiger partial charge is 0.312 e. The molecule has 0 saturated carbocycles. The Morgan fingerprint density at radius 3 is 2.78 bits per heavy atom. The standard InChI is InChI=1S/C11H12ClNO5/c1-7(5-11(14)17-2)18-10-4-3-8(12)6-9(10)13(15)16/h3-4,6-7H,5H2,1-2H3. The van der Waals surface area contributed by atoms with Gasteiger partial charge in [0.25, 0.3) is 0 Å². The number of esters is 1. The van der Waals surface area contributed by atoms with E-state index in [1.54, 1.807) is 6.92 Å². The van der Waals surface area contributed by atoms with Gasteiger partial charge in [-0.2, -0.15) is 0 Å². The molecule has 1 atom stereocenters. The van der Waals surface area contributed by atoms with Gasteiger partial charge in [0.2, 0.25) is 0 Å². The lowest BCUT2D eigenvalue weighted by molar-refractivity contribution is -0.386. The molecule has 0 heterocycles. The summed E-state index contributed by atoms with van der Waals surface area (Å²) < 4.78 is 9.81. The molecule has 0 radical (unpaired) electrons. The fourth-order valence-corrected chi connectivity index (χ4v) is 1.48. The van der Waals surface area contributed by atoms with Crippen LogP contribution in [0.4, 0.5) is 5.69 Å². The van der Waals surface area contributed by atoms with Crippen LogP contribution in [-0.2, 0) is 9.53 Å². The van der Waals surface area contributed by atoms with Gasteiger partial charge in [-0.1, -0.05) is 11.6 Å². The molecule has 1 unspecified atom stereocenters. The van der Waals surface area contributed by atoms with Gasteiger partial charge >= 0.3 is 11.7 Å². The molecule has 0 fully saturated rings. The number of benzene rings is 1. The number of nitrogens with zero attached hydrogens (tertiary/aromatic N) is 1. The number of methoxy groups -OCH3 is 1. The highest BCUT2D eigenvalue weighted by Gasteiger charge is 2.19. The van der Waals surface area contributed by atoms with E-state index in [0.717, 1.165) is 0 Å². The second-order valence-electron chi connectivity index (χ2n) is 3.58. The summed E-state index contributed by atoms with van der Waals surface area (Å²) in [6.07, 6.45) is -0.520. The molecule has 0 aliphatic rings. The highest BCUT2D eigenvalue weighted by molar-refractivity contribution is 6.30. The minimum absolute atomic E-state index is 0.0102. The summed E-state index contributed by atoms with van der Waals surface area (Å²) in [5, 5.41) is 11.1. The summed E-state index contributed by atoms with van der Waals surface area (Å²) in [6, 6.07) is 4.07. The van der Waals surface area contributed by atoms with Gasteiger partial charge in [0, 0.05) is 11.1 Å². The van der Waals surface area contributed by atoms with Crippen molar-refractivity contribution < 1.29 is 19.2 Å². The van der Waals surface area contributed by atoms with Crippen molar-refractivity contribution in [3.8, 4) is 5.75 Å². The van der Waals surface area contributed by atoms with E-state index in [9.17, 15) is 14.9 Å². The fourth-order valence-electron chi connectivity index (χ4n) is 1.31. The van der Waals surface area contributed by atoms with Crippen LogP contribution >= 0.6 is 11.6 Å². The number of nitro benzene ring substituents is 1. The largest absolute Gasteiger partial charge is 0.483 e. The van der Waals surface area contributed by atoms with Gasteiger partial charge in [0.15, 0.2) is 5.75 Å². The van der Waals surface area contributed by atoms with Crippen molar-refractivity contribution in [2.24, 2.45) is 0 Å². The van der Waals surface area contributed by atoms with Gasteiger partial charge in [-0.3, -0.25) is 14.9 Å². The van der Waals surface area contributed by atoms with E-state index in [1.165, 1.54) is 25.3 Å². The van der Waals surface area contributed by atoms with Crippen LogP contribution in [0.25, 0.3) is 0 Å². The quantitative estimate of drug-likeness (QED) is 0.468. The molecule has 0 bridgehead atoms. The average Bonchev–Trinajstić information content (AvgIpc) is 2.30. The predicted molar refractivity (Wildman–Crippen MR) is 64.8 cm³/mol. The molecule has 0 amide bonds. The highest BCUT2D eigenvalue weighted by Crippen LogP contribution is 2.30. The molecule has 0 aliphatic carbocycles. The van der Waals surface area contributed by atoms with Gasteiger partial charge in [-0.05, 0) is 19.1 Å². The van der Waals surface area contributed by atoms with Crippen molar-refractivity contribution in [1.29, 1.82) is 0 Å². The van der Waals surface area contributed by atoms with Crippen LogP contribution in [0.5, 0.6) is 5.75 Å². The molecule has 0 aromatic heterocycles. The van der Waals surface area contributed by atoms with E-state index in [-0.39, 0.29) is 22.9 Å². The molecule has 7 heteroatoms. The number of ether oxygens (including phenoxy) is 2. The van der Waals surface area contributed by atoms with Crippen molar-refractivity contribution in [1.82, 2.24) is 0 Å². The van der Waals surface area contributed by atoms with Gasteiger partial charge in [-0.15, -0.1) is 0 Å². The summed E-state index contributed by atoms with van der Waals surface area (Å²) >= 11 is 5.67. The molecular formula is C11H12ClNO5. The number of carbonyl (C=O) groups is 1. The van der Waals surface area contributed by atoms with Crippen LogP contribution in [0.1, 0.15) is 13.3 Å². The summed E-state index contributed by atoms with van der Waals surface area (Å²) in [5.74, 6) is -0.375. The van der Waals surface area contributed by atoms with E-state index in [4.69, 9.17) is 16.3 Å². The monoisotopic (exact) mass is 273 g/mol. The van der Waals surface area contributed by atoms with E-state index in [0.29, 0.717) is 0 Å². The summed E-state index contributed by atoms with van der Waals surface area (Å²) in [7, 11) is 1.26. The number of rotatable bonds is 5. The van der Waals surface area contributed by atoms with Crippen LogP contribution in [0.3, 0.4) is 0 Å². The number of hydrogen-bond donors (Lipinski definition) is 0. The molecule has 0 aliphatic heterocycles. The maximum Gasteiger partial charge on any atom is 0.312 e. The summed E-state index contributed by atoms with van der Waals surface area (Å²) in [4.78, 5) is 21.2. The molecule has 18 heavy (non-hydrogen) atoms. The topological polar surface area (TPSA) is 78.7 Å². The van der Waals surface area contributed by atoms with Gasteiger partial charge in [-0.25, -0.2) is 0 Å². The van der Waals surface area contributed by atoms with Gasteiger partial charge in [0.05, 0.1) is 18.5 Å². The molecule has 98 valence electrons. The molecule has 1 aromatic carbocycles. The molecule has 6 nitrogen and oxygen atoms in total. The third kappa shape index (κ3) is 3.89. The Hall–Kier alpha value is -1.82. The van der Waals surface area contributed by atoms with Crippen molar-refractivity contribution >= 4 is 23.3 Å². The van der Waals surface area contributed by atoms with E-state index in [1.807, 2.05) is 0 Å². The van der Waals surface area contributed by atoms with Crippen LogP contribution in [-0.4, -0.2) is 24.1 Å². The van der Waals surface area contributed by atoms with Gasteiger partial charge < -0.3 is 9.47 Å². The lowest BCUT2D eigenvalue weighted by atomic mass is 10.2. The van der Waals surface area contributed by atoms with E-state index in [2.05, 4.69) is 4.74 Å². The number of nitro groups is 1. The van der Waals surface area contributed by atoms with E-state index < -0.39 is 17.0 Å². The Kier molecular flexibility index (Phi) is 4.91. The Morgan fingerprint density at radius 2 is 2.22 bits per heavy atom. The van der Waals surface area contributed by atoms with Crippen LogP contribution in [0.2, 0.25) is 5.02 Å². The van der Waals surface area contributed by atoms with Crippen molar-refractivity contribution in [3.63, 3.8) is 0 Å².